The van der Waals surface area contributed by atoms with Gasteiger partial charge in [0.05, 0.1) is 34.5 Å². The van der Waals surface area contributed by atoms with Gasteiger partial charge in [-0.25, -0.2) is 9.79 Å². The van der Waals surface area contributed by atoms with E-state index in [9.17, 15) is 14.7 Å². The molecule has 0 fully saturated rings. The predicted octanol–water partition coefficient (Wildman–Crippen LogP) is 3.82. The molecule has 7 nitrogen and oxygen atoms in total. The van der Waals surface area contributed by atoms with Crippen molar-refractivity contribution >= 4 is 46.6 Å². The highest BCUT2D eigenvalue weighted by atomic mass is 35.5. The fraction of sp³-hybridized carbons (Fsp3) is 0.208. The SMILES string of the molecule is CCOC(=O)C1=C(C)N=c2s/c(=C/c3cc(Cl)cc(Cl)c3O)c(=O)n2[C@@H]1c1ccccc1OC. The van der Waals surface area contributed by atoms with Crippen LogP contribution in [0.25, 0.3) is 6.08 Å². The molecule has 0 amide bonds. The minimum atomic E-state index is -0.815. The molecule has 0 unspecified atom stereocenters. The van der Waals surface area contributed by atoms with Gasteiger partial charge < -0.3 is 14.6 Å². The van der Waals surface area contributed by atoms with Gasteiger partial charge in [-0.3, -0.25) is 9.36 Å². The lowest BCUT2D eigenvalue weighted by atomic mass is 9.95. The summed E-state index contributed by atoms with van der Waals surface area (Å²) in [5.74, 6) is -0.243. The Morgan fingerprint density at radius 3 is 2.74 bits per heavy atom. The van der Waals surface area contributed by atoms with Gasteiger partial charge in [0.2, 0.25) is 0 Å². The van der Waals surface area contributed by atoms with Crippen LogP contribution in [0, 0.1) is 0 Å². The molecule has 0 radical (unpaired) electrons. The number of ether oxygens (including phenoxy) is 2. The number of aromatic hydroxyl groups is 1. The van der Waals surface area contributed by atoms with E-state index in [1.807, 2.05) is 0 Å². The highest BCUT2D eigenvalue weighted by Gasteiger charge is 2.34. The van der Waals surface area contributed by atoms with Crippen molar-refractivity contribution in [3.05, 3.63) is 88.5 Å². The summed E-state index contributed by atoms with van der Waals surface area (Å²) in [5.41, 5.74) is 1.20. The van der Waals surface area contributed by atoms with Crippen molar-refractivity contribution < 1.29 is 19.4 Å². The number of fused-ring (bicyclic) bond motifs is 1. The van der Waals surface area contributed by atoms with Crippen LogP contribution < -0.4 is 19.6 Å². The standard InChI is InChI=1S/C24H20Cl2N2O5S/c1-4-33-23(31)19-12(2)27-24-28(20(19)15-7-5-6-8-17(15)32-3)22(30)18(34-24)10-13-9-14(25)11-16(26)21(13)29/h5-11,20,29H,4H2,1-3H3/b18-10+/t20-/m1/s1. The summed E-state index contributed by atoms with van der Waals surface area (Å²) in [6.07, 6.45) is 1.50. The molecule has 0 aliphatic carbocycles. The Bertz CT molecular complexity index is 1510. The molecule has 10 heteroatoms. The van der Waals surface area contributed by atoms with Crippen LogP contribution in [0.2, 0.25) is 10.0 Å². The number of aromatic nitrogens is 1. The Morgan fingerprint density at radius 1 is 1.29 bits per heavy atom. The minimum absolute atomic E-state index is 0.0684. The van der Waals surface area contributed by atoms with Gasteiger partial charge in [-0.15, -0.1) is 0 Å². The monoisotopic (exact) mass is 518 g/mol. The molecule has 4 rings (SSSR count). The Kier molecular flexibility index (Phi) is 6.84. The number of phenolic OH excluding ortho intramolecular Hbond substituents is 1. The van der Waals surface area contributed by atoms with Crippen LogP contribution >= 0.6 is 34.5 Å². The number of esters is 1. The average Bonchev–Trinajstić information content (AvgIpc) is 3.10. The summed E-state index contributed by atoms with van der Waals surface area (Å²) in [5, 5.41) is 10.7. The highest BCUT2D eigenvalue weighted by Crippen LogP contribution is 2.36. The molecule has 1 N–H and O–H groups in total. The maximum atomic E-state index is 13.6. The van der Waals surface area contributed by atoms with E-state index in [4.69, 9.17) is 32.7 Å². The molecule has 0 spiro atoms. The third kappa shape index (κ3) is 4.24. The van der Waals surface area contributed by atoms with Gasteiger partial charge in [0.25, 0.3) is 5.56 Å². The van der Waals surface area contributed by atoms with E-state index in [0.29, 0.717) is 26.8 Å². The molecular weight excluding hydrogens is 499 g/mol. The molecule has 2 aromatic carbocycles. The van der Waals surface area contributed by atoms with Gasteiger partial charge in [0, 0.05) is 16.1 Å². The summed E-state index contributed by atoms with van der Waals surface area (Å²) in [6.45, 7) is 3.59. The first-order valence-corrected chi connectivity index (χ1v) is 11.8. The van der Waals surface area contributed by atoms with Gasteiger partial charge in [-0.05, 0) is 38.1 Å². The predicted molar refractivity (Wildman–Crippen MR) is 132 cm³/mol. The summed E-state index contributed by atoms with van der Waals surface area (Å²) < 4.78 is 12.6. The lowest BCUT2D eigenvalue weighted by Crippen LogP contribution is -2.40. The number of methoxy groups -OCH3 is 1. The van der Waals surface area contributed by atoms with Crippen molar-refractivity contribution in [2.75, 3.05) is 13.7 Å². The first-order chi connectivity index (χ1) is 16.3. The lowest BCUT2D eigenvalue weighted by Gasteiger charge is -2.25. The Hall–Kier alpha value is -3.07. The molecule has 1 aliphatic rings. The molecule has 176 valence electrons. The second kappa shape index (κ2) is 9.66. The maximum Gasteiger partial charge on any atom is 0.338 e. The first-order valence-electron chi connectivity index (χ1n) is 10.3. The van der Waals surface area contributed by atoms with Crippen molar-refractivity contribution in [3.63, 3.8) is 0 Å². The van der Waals surface area contributed by atoms with Crippen molar-refractivity contribution in [1.82, 2.24) is 4.57 Å². The average molecular weight is 519 g/mol. The maximum absolute atomic E-state index is 13.6. The topological polar surface area (TPSA) is 90.1 Å². The first kappa shape index (κ1) is 24.1. The lowest BCUT2D eigenvalue weighted by molar-refractivity contribution is -0.139. The third-order valence-corrected chi connectivity index (χ3v) is 6.78. The molecule has 1 atom stereocenters. The molecule has 1 aromatic heterocycles. The number of allylic oxidation sites excluding steroid dienone is 1. The summed E-state index contributed by atoms with van der Waals surface area (Å²) >= 11 is 13.2. The van der Waals surface area contributed by atoms with E-state index < -0.39 is 17.6 Å². The van der Waals surface area contributed by atoms with E-state index in [1.165, 1.54) is 29.9 Å². The number of phenols is 1. The van der Waals surface area contributed by atoms with Gasteiger partial charge in [0.15, 0.2) is 4.80 Å². The van der Waals surface area contributed by atoms with E-state index in [0.717, 1.165) is 11.3 Å². The molecular formula is C24H20Cl2N2O5S. The molecule has 2 heterocycles. The van der Waals surface area contributed by atoms with Crippen LogP contribution in [-0.2, 0) is 9.53 Å². The zero-order valence-corrected chi connectivity index (χ0v) is 20.8. The van der Waals surface area contributed by atoms with E-state index >= 15 is 0 Å². The number of carbonyl (C=O) groups is 1. The van der Waals surface area contributed by atoms with Crippen molar-refractivity contribution in [3.8, 4) is 11.5 Å². The van der Waals surface area contributed by atoms with Crippen molar-refractivity contribution in [1.29, 1.82) is 0 Å². The number of thiazole rings is 1. The smallest absolute Gasteiger partial charge is 0.338 e. The minimum Gasteiger partial charge on any atom is -0.506 e. The van der Waals surface area contributed by atoms with Gasteiger partial charge in [-0.2, -0.15) is 0 Å². The molecule has 34 heavy (non-hydrogen) atoms. The molecule has 0 bridgehead atoms. The molecule has 1 aliphatic heterocycles. The normalized spacial score (nSPS) is 15.7. The van der Waals surface area contributed by atoms with E-state index in [-0.39, 0.29) is 33.0 Å². The second-order valence-corrected chi connectivity index (χ2v) is 9.22. The van der Waals surface area contributed by atoms with Crippen LogP contribution in [0.4, 0.5) is 0 Å². The van der Waals surface area contributed by atoms with Crippen LogP contribution in [0.15, 0.2) is 57.5 Å². The number of hydrogen-bond acceptors (Lipinski definition) is 7. The van der Waals surface area contributed by atoms with Crippen molar-refractivity contribution in [2.45, 2.75) is 19.9 Å². The fourth-order valence-electron chi connectivity index (χ4n) is 3.82. The third-order valence-electron chi connectivity index (χ3n) is 5.29. The number of carbonyl (C=O) groups excluding carboxylic acids is 1. The van der Waals surface area contributed by atoms with Gasteiger partial charge in [-0.1, -0.05) is 52.7 Å². The van der Waals surface area contributed by atoms with E-state index in [1.54, 1.807) is 38.1 Å². The van der Waals surface area contributed by atoms with Gasteiger partial charge >= 0.3 is 5.97 Å². The molecule has 3 aromatic rings. The Morgan fingerprint density at radius 2 is 2.03 bits per heavy atom. The summed E-state index contributed by atoms with van der Waals surface area (Å²) in [7, 11) is 1.52. The number of hydrogen-bond donors (Lipinski definition) is 1. The van der Waals surface area contributed by atoms with Crippen LogP contribution in [-0.4, -0.2) is 29.4 Å². The Labute approximate surface area is 208 Å². The molecule has 0 saturated carbocycles. The van der Waals surface area contributed by atoms with Crippen LogP contribution in [0.1, 0.15) is 31.0 Å². The zero-order valence-electron chi connectivity index (χ0n) is 18.5. The largest absolute Gasteiger partial charge is 0.506 e. The highest BCUT2D eigenvalue weighted by molar-refractivity contribution is 7.07. The molecule has 0 saturated heterocycles. The number of halogens is 2. The van der Waals surface area contributed by atoms with Crippen molar-refractivity contribution in [2.24, 2.45) is 4.99 Å². The number of nitrogens with zero attached hydrogens (tertiary/aromatic N) is 2. The quantitative estimate of drug-likeness (QED) is 0.518. The Balaban J connectivity index is 2.02. The second-order valence-electron chi connectivity index (χ2n) is 7.37. The van der Waals surface area contributed by atoms with Crippen LogP contribution in [0.3, 0.4) is 0 Å². The zero-order chi connectivity index (χ0) is 24.6. The number of benzene rings is 2. The van der Waals surface area contributed by atoms with Gasteiger partial charge in [0.1, 0.15) is 17.5 Å². The fourth-order valence-corrected chi connectivity index (χ4v) is 5.36. The number of para-hydroxylation sites is 1. The van der Waals surface area contributed by atoms with E-state index in [2.05, 4.69) is 4.99 Å². The summed E-state index contributed by atoms with van der Waals surface area (Å²) in [4.78, 5) is 31.5. The number of rotatable bonds is 5. The summed E-state index contributed by atoms with van der Waals surface area (Å²) in [6, 6.07) is 9.26. The van der Waals surface area contributed by atoms with Crippen LogP contribution in [0.5, 0.6) is 11.5 Å².